The zero-order chi connectivity index (χ0) is 22.1. The van der Waals surface area contributed by atoms with Gasteiger partial charge in [-0.15, -0.1) is 10.2 Å². The summed E-state index contributed by atoms with van der Waals surface area (Å²) in [6.07, 6.45) is 6.69. The predicted octanol–water partition coefficient (Wildman–Crippen LogP) is 3.89. The molecule has 7 heteroatoms. The maximum absolute atomic E-state index is 13.4. The first-order valence-electron chi connectivity index (χ1n) is 11.2. The van der Waals surface area contributed by atoms with Crippen molar-refractivity contribution in [3.8, 4) is 11.4 Å². The highest BCUT2D eigenvalue weighted by Crippen LogP contribution is 2.41. The lowest BCUT2D eigenvalue weighted by atomic mass is 9.84. The van der Waals surface area contributed by atoms with Gasteiger partial charge in [0.2, 0.25) is 5.91 Å². The van der Waals surface area contributed by atoms with Crippen molar-refractivity contribution in [3.63, 3.8) is 0 Å². The SMILES string of the molecule is Cn1cnnc1-c1cccc(NC(=O)C2CC3CCCCC3N2C(=O)c2ccccc2)c1. The molecule has 3 unspecified atom stereocenters. The van der Waals surface area contributed by atoms with Crippen LogP contribution in [0.4, 0.5) is 5.69 Å². The summed E-state index contributed by atoms with van der Waals surface area (Å²) in [6.45, 7) is 0. The quantitative estimate of drug-likeness (QED) is 0.682. The number of nitrogens with one attached hydrogen (secondary N) is 1. The summed E-state index contributed by atoms with van der Waals surface area (Å²) in [4.78, 5) is 28.7. The number of hydrogen-bond acceptors (Lipinski definition) is 4. The molecular formula is C25H27N5O2. The summed E-state index contributed by atoms with van der Waals surface area (Å²) in [7, 11) is 1.88. The average Bonchev–Trinajstić information content (AvgIpc) is 3.43. The summed E-state index contributed by atoms with van der Waals surface area (Å²) in [5.41, 5.74) is 2.21. The van der Waals surface area contributed by atoms with E-state index in [0.717, 1.165) is 37.1 Å². The molecule has 1 aromatic heterocycles. The Bertz CT molecular complexity index is 1130. The molecule has 7 nitrogen and oxygen atoms in total. The third-order valence-electron chi connectivity index (χ3n) is 6.75. The minimum atomic E-state index is -0.464. The van der Waals surface area contributed by atoms with Crippen molar-refractivity contribution >= 4 is 17.5 Å². The highest BCUT2D eigenvalue weighted by Gasteiger charge is 2.47. The molecule has 0 bridgehead atoms. The van der Waals surface area contributed by atoms with Crippen LogP contribution in [0, 0.1) is 5.92 Å². The van der Waals surface area contributed by atoms with E-state index in [1.807, 2.05) is 71.1 Å². The fourth-order valence-corrected chi connectivity index (χ4v) is 5.22. The maximum Gasteiger partial charge on any atom is 0.254 e. The number of nitrogens with zero attached hydrogens (tertiary/aromatic N) is 4. The van der Waals surface area contributed by atoms with E-state index < -0.39 is 6.04 Å². The van der Waals surface area contributed by atoms with Crippen LogP contribution in [0.1, 0.15) is 42.5 Å². The minimum absolute atomic E-state index is 0.0482. The first-order valence-corrected chi connectivity index (χ1v) is 11.2. The van der Waals surface area contributed by atoms with E-state index >= 15 is 0 Å². The Morgan fingerprint density at radius 3 is 2.62 bits per heavy atom. The van der Waals surface area contributed by atoms with Gasteiger partial charge in [0.1, 0.15) is 12.4 Å². The smallest absolute Gasteiger partial charge is 0.254 e. The molecule has 2 aliphatic rings. The Morgan fingerprint density at radius 2 is 1.84 bits per heavy atom. The van der Waals surface area contributed by atoms with Gasteiger partial charge >= 0.3 is 0 Å². The molecule has 1 aliphatic heterocycles. The number of anilines is 1. The van der Waals surface area contributed by atoms with E-state index in [0.29, 0.717) is 17.2 Å². The van der Waals surface area contributed by atoms with Crippen molar-refractivity contribution < 1.29 is 9.59 Å². The molecule has 0 radical (unpaired) electrons. The second kappa shape index (κ2) is 8.57. The molecule has 2 amide bonds. The number of carbonyl (C=O) groups is 2. The summed E-state index contributed by atoms with van der Waals surface area (Å²) < 4.78 is 1.84. The van der Waals surface area contributed by atoms with Gasteiger partial charge in [0, 0.05) is 29.9 Å². The van der Waals surface area contributed by atoms with Gasteiger partial charge in [-0.1, -0.05) is 43.2 Å². The Morgan fingerprint density at radius 1 is 1.03 bits per heavy atom. The number of fused-ring (bicyclic) bond motifs is 1. The molecular weight excluding hydrogens is 402 g/mol. The highest BCUT2D eigenvalue weighted by atomic mass is 16.2. The summed E-state index contributed by atoms with van der Waals surface area (Å²) in [6, 6.07) is 16.6. The van der Waals surface area contributed by atoms with E-state index in [9.17, 15) is 9.59 Å². The maximum atomic E-state index is 13.4. The lowest BCUT2D eigenvalue weighted by Crippen LogP contribution is -2.47. The van der Waals surface area contributed by atoms with E-state index in [1.165, 1.54) is 6.42 Å². The fourth-order valence-electron chi connectivity index (χ4n) is 5.22. The molecule has 164 valence electrons. The number of likely N-dealkylation sites (tertiary alicyclic amines) is 1. The van der Waals surface area contributed by atoms with Gasteiger partial charge in [-0.3, -0.25) is 9.59 Å². The van der Waals surface area contributed by atoms with Crippen LogP contribution in [0.25, 0.3) is 11.4 Å². The normalized spacial score (nSPS) is 22.4. The van der Waals surface area contributed by atoms with E-state index in [4.69, 9.17) is 0 Å². The number of amides is 2. The molecule has 32 heavy (non-hydrogen) atoms. The van der Waals surface area contributed by atoms with E-state index in [2.05, 4.69) is 15.5 Å². The number of aromatic nitrogens is 3. The zero-order valence-corrected chi connectivity index (χ0v) is 18.1. The molecule has 0 spiro atoms. The van der Waals surface area contributed by atoms with Crippen molar-refractivity contribution in [3.05, 3.63) is 66.5 Å². The minimum Gasteiger partial charge on any atom is -0.324 e. The molecule has 3 aromatic rings. The molecule has 2 heterocycles. The van der Waals surface area contributed by atoms with Crippen LogP contribution in [0.3, 0.4) is 0 Å². The Balaban J connectivity index is 1.40. The highest BCUT2D eigenvalue weighted by molar-refractivity contribution is 6.02. The molecule has 5 rings (SSSR count). The third kappa shape index (κ3) is 3.79. The second-order valence-corrected chi connectivity index (χ2v) is 8.78. The van der Waals surface area contributed by atoms with Crippen LogP contribution in [0.15, 0.2) is 60.9 Å². The van der Waals surface area contributed by atoms with Crippen LogP contribution >= 0.6 is 0 Å². The lowest BCUT2D eigenvalue weighted by molar-refractivity contribution is -0.120. The van der Waals surface area contributed by atoms with Crippen LogP contribution in [-0.4, -0.2) is 43.6 Å². The standard InChI is InChI=1S/C25H27N5O2/c1-29-16-26-28-23(29)19-11-7-12-20(14-19)27-24(31)22-15-18-10-5-6-13-21(18)30(22)25(32)17-8-3-2-4-9-17/h2-4,7-9,11-12,14,16,18,21-22H,5-6,10,13,15H2,1H3,(H,27,31). The molecule has 1 saturated heterocycles. The topological polar surface area (TPSA) is 80.1 Å². The van der Waals surface area contributed by atoms with Gasteiger partial charge in [0.25, 0.3) is 5.91 Å². The van der Waals surface area contributed by atoms with Crippen molar-refractivity contribution in [1.82, 2.24) is 19.7 Å². The lowest BCUT2D eigenvalue weighted by Gasteiger charge is -2.33. The molecule has 3 atom stereocenters. The van der Waals surface area contributed by atoms with Gasteiger partial charge < -0.3 is 14.8 Å². The Kier molecular flexibility index (Phi) is 5.47. The van der Waals surface area contributed by atoms with Gasteiger partial charge in [-0.2, -0.15) is 0 Å². The van der Waals surface area contributed by atoms with Crippen LogP contribution in [-0.2, 0) is 11.8 Å². The fraction of sp³-hybridized carbons (Fsp3) is 0.360. The first-order chi connectivity index (χ1) is 15.6. The van der Waals surface area contributed by atoms with Crippen LogP contribution in [0.5, 0.6) is 0 Å². The summed E-state index contributed by atoms with van der Waals surface area (Å²) >= 11 is 0. The number of carbonyl (C=O) groups excluding carboxylic acids is 2. The second-order valence-electron chi connectivity index (χ2n) is 8.78. The number of benzene rings is 2. The Labute approximate surface area is 187 Å². The van der Waals surface area contributed by atoms with E-state index in [-0.39, 0.29) is 17.9 Å². The van der Waals surface area contributed by atoms with Crippen molar-refractivity contribution in [2.24, 2.45) is 13.0 Å². The van der Waals surface area contributed by atoms with Gasteiger partial charge in [0.05, 0.1) is 0 Å². The number of aryl methyl sites for hydroxylation is 1. The van der Waals surface area contributed by atoms with E-state index in [1.54, 1.807) is 6.33 Å². The molecule has 1 N–H and O–H groups in total. The number of hydrogen-bond donors (Lipinski definition) is 1. The Hall–Kier alpha value is -3.48. The molecule has 2 fully saturated rings. The van der Waals surface area contributed by atoms with Crippen molar-refractivity contribution in [2.75, 3.05) is 5.32 Å². The summed E-state index contributed by atoms with van der Waals surface area (Å²) in [5, 5.41) is 11.1. The first kappa shape index (κ1) is 20.4. The van der Waals surface area contributed by atoms with Crippen LogP contribution in [0.2, 0.25) is 0 Å². The van der Waals surface area contributed by atoms with Gasteiger partial charge in [-0.05, 0) is 49.4 Å². The number of rotatable bonds is 4. The third-order valence-corrected chi connectivity index (χ3v) is 6.75. The molecule has 1 saturated carbocycles. The molecule has 1 aliphatic carbocycles. The van der Waals surface area contributed by atoms with Gasteiger partial charge in [0.15, 0.2) is 5.82 Å². The summed E-state index contributed by atoms with van der Waals surface area (Å²) in [5.74, 6) is 0.942. The predicted molar refractivity (Wildman–Crippen MR) is 122 cm³/mol. The average molecular weight is 430 g/mol. The monoisotopic (exact) mass is 429 g/mol. The van der Waals surface area contributed by atoms with Crippen molar-refractivity contribution in [2.45, 2.75) is 44.2 Å². The van der Waals surface area contributed by atoms with Crippen LogP contribution < -0.4 is 5.32 Å². The van der Waals surface area contributed by atoms with Gasteiger partial charge in [-0.25, -0.2) is 0 Å². The van der Waals surface area contributed by atoms with Crippen molar-refractivity contribution in [1.29, 1.82) is 0 Å². The molecule has 2 aromatic carbocycles. The zero-order valence-electron chi connectivity index (χ0n) is 18.1. The largest absolute Gasteiger partial charge is 0.324 e.